The third-order valence-electron chi connectivity index (χ3n) is 2.64. The van der Waals surface area contributed by atoms with Crippen molar-refractivity contribution in [3.05, 3.63) is 29.9 Å². The Balaban J connectivity index is 1.91. The van der Waals surface area contributed by atoms with Gasteiger partial charge in [0.2, 0.25) is 11.8 Å². The molecule has 102 valence electrons. The molecule has 2 rings (SSSR count). The van der Waals surface area contributed by atoms with E-state index in [2.05, 4.69) is 20.1 Å². The molecule has 0 aliphatic rings. The van der Waals surface area contributed by atoms with Crippen molar-refractivity contribution in [3.8, 4) is 0 Å². The summed E-state index contributed by atoms with van der Waals surface area (Å²) in [6.07, 6.45) is 3.61. The summed E-state index contributed by atoms with van der Waals surface area (Å²) in [6, 6.07) is -0.626. The average Bonchev–Trinajstić information content (AvgIpc) is 3.00. The number of hydrogen-bond donors (Lipinski definition) is 2. The van der Waals surface area contributed by atoms with Gasteiger partial charge in [-0.3, -0.25) is 4.79 Å². The molecule has 0 bridgehead atoms. The molecule has 8 nitrogen and oxygen atoms in total. The summed E-state index contributed by atoms with van der Waals surface area (Å²) < 4.78 is 4.85. The number of aromatic nitrogens is 4. The molecule has 2 aromatic rings. The Kier molecular flexibility index (Phi) is 3.91. The van der Waals surface area contributed by atoms with Gasteiger partial charge in [-0.1, -0.05) is 5.16 Å². The molecule has 8 heteroatoms. The van der Waals surface area contributed by atoms with Gasteiger partial charge in [0.1, 0.15) is 0 Å². The normalized spacial score (nSPS) is 12.4. The molecule has 1 atom stereocenters. The van der Waals surface area contributed by atoms with Crippen LogP contribution in [0.1, 0.15) is 17.4 Å². The van der Waals surface area contributed by atoms with Crippen LogP contribution in [-0.2, 0) is 17.8 Å². The minimum absolute atomic E-state index is 0.183. The van der Waals surface area contributed by atoms with E-state index in [1.54, 1.807) is 26.5 Å². The second kappa shape index (κ2) is 5.61. The minimum atomic E-state index is -0.626. The highest BCUT2D eigenvalue weighted by Gasteiger charge is 2.20. The van der Waals surface area contributed by atoms with E-state index in [-0.39, 0.29) is 12.5 Å². The van der Waals surface area contributed by atoms with E-state index in [0.717, 1.165) is 5.69 Å². The lowest BCUT2D eigenvalue weighted by Gasteiger charge is -2.19. The zero-order chi connectivity index (χ0) is 13.8. The van der Waals surface area contributed by atoms with Crippen molar-refractivity contribution in [2.45, 2.75) is 25.9 Å². The topological polar surface area (TPSA) is 114 Å². The zero-order valence-electron chi connectivity index (χ0n) is 10.8. The first-order valence-electron chi connectivity index (χ1n) is 5.83. The third kappa shape index (κ3) is 3.38. The number of amides is 1. The van der Waals surface area contributed by atoms with Crippen LogP contribution in [0.3, 0.4) is 0 Å². The van der Waals surface area contributed by atoms with Crippen molar-refractivity contribution >= 4 is 5.91 Å². The molecule has 0 aromatic carbocycles. The number of likely N-dealkylation sites (N-methyl/N-ethyl adjacent to an activating group) is 1. The van der Waals surface area contributed by atoms with E-state index in [9.17, 15) is 4.79 Å². The molecule has 1 amide bonds. The van der Waals surface area contributed by atoms with Crippen molar-refractivity contribution in [1.82, 2.24) is 25.0 Å². The van der Waals surface area contributed by atoms with Gasteiger partial charge in [0.15, 0.2) is 5.82 Å². The zero-order valence-corrected chi connectivity index (χ0v) is 10.8. The van der Waals surface area contributed by atoms with Crippen LogP contribution in [0.25, 0.3) is 0 Å². The van der Waals surface area contributed by atoms with Crippen molar-refractivity contribution in [3.63, 3.8) is 0 Å². The maximum Gasteiger partial charge on any atom is 0.240 e. The van der Waals surface area contributed by atoms with Crippen LogP contribution in [0.2, 0.25) is 0 Å². The summed E-state index contributed by atoms with van der Waals surface area (Å²) >= 11 is 0. The third-order valence-corrected chi connectivity index (χ3v) is 2.64. The van der Waals surface area contributed by atoms with Gasteiger partial charge in [0.05, 0.1) is 18.9 Å². The standard InChI is InChI=1S/C11H16N6O2/c1-7-15-10(16-19-7)5-17(2)11(18)9(12)3-8-4-13-6-14-8/h4,6,9H,3,5,12H2,1-2H3,(H,13,14)/t9-/m0/s1. The van der Waals surface area contributed by atoms with Crippen LogP contribution in [0.4, 0.5) is 0 Å². The molecular weight excluding hydrogens is 248 g/mol. The second-order valence-electron chi connectivity index (χ2n) is 4.31. The Morgan fingerprint density at radius 3 is 3.00 bits per heavy atom. The van der Waals surface area contributed by atoms with Crippen LogP contribution in [0.5, 0.6) is 0 Å². The van der Waals surface area contributed by atoms with Gasteiger partial charge in [0.25, 0.3) is 0 Å². The SMILES string of the molecule is Cc1nc(CN(C)C(=O)[C@@H](N)Cc2cnc[nH]2)no1. The van der Waals surface area contributed by atoms with Crippen molar-refractivity contribution in [2.75, 3.05) is 7.05 Å². The molecule has 2 heterocycles. The fraction of sp³-hybridized carbons (Fsp3) is 0.455. The van der Waals surface area contributed by atoms with Gasteiger partial charge in [-0.25, -0.2) is 4.98 Å². The van der Waals surface area contributed by atoms with Gasteiger partial charge in [-0.05, 0) is 0 Å². The maximum atomic E-state index is 12.1. The summed E-state index contributed by atoms with van der Waals surface area (Å²) in [7, 11) is 1.65. The number of imidazole rings is 1. The minimum Gasteiger partial charge on any atom is -0.348 e. The molecule has 19 heavy (non-hydrogen) atoms. The number of hydrogen-bond acceptors (Lipinski definition) is 6. The number of aryl methyl sites for hydroxylation is 1. The summed E-state index contributed by atoms with van der Waals surface area (Å²) in [5.41, 5.74) is 6.69. The summed E-state index contributed by atoms with van der Waals surface area (Å²) in [6.45, 7) is 1.97. The van der Waals surface area contributed by atoms with E-state index in [0.29, 0.717) is 18.1 Å². The van der Waals surface area contributed by atoms with Crippen LogP contribution < -0.4 is 5.73 Å². The Hall–Kier alpha value is -2.22. The first-order valence-corrected chi connectivity index (χ1v) is 5.83. The molecule has 0 unspecified atom stereocenters. The first-order chi connectivity index (χ1) is 9.06. The van der Waals surface area contributed by atoms with Crippen LogP contribution in [0, 0.1) is 6.92 Å². The van der Waals surface area contributed by atoms with E-state index in [1.807, 2.05) is 0 Å². The lowest BCUT2D eigenvalue weighted by atomic mass is 10.1. The number of aromatic amines is 1. The highest BCUT2D eigenvalue weighted by molar-refractivity contribution is 5.81. The molecule has 0 aliphatic carbocycles. The van der Waals surface area contributed by atoms with Crippen LogP contribution in [-0.4, -0.2) is 44.0 Å². The first kappa shape index (κ1) is 13.2. The predicted molar refractivity (Wildman–Crippen MR) is 65.8 cm³/mol. The van der Waals surface area contributed by atoms with Gasteiger partial charge < -0.3 is 20.1 Å². The van der Waals surface area contributed by atoms with Crippen molar-refractivity contribution in [1.29, 1.82) is 0 Å². The predicted octanol–water partition coefficient (Wildman–Crippen LogP) is -0.370. The Bertz CT molecular complexity index is 535. The number of carbonyl (C=O) groups is 1. The largest absolute Gasteiger partial charge is 0.348 e. The van der Waals surface area contributed by atoms with Crippen molar-refractivity contribution < 1.29 is 9.32 Å². The highest BCUT2D eigenvalue weighted by atomic mass is 16.5. The lowest BCUT2D eigenvalue weighted by molar-refractivity contribution is -0.131. The number of rotatable bonds is 5. The van der Waals surface area contributed by atoms with Gasteiger partial charge in [0, 0.05) is 32.3 Å². The van der Waals surface area contributed by atoms with E-state index >= 15 is 0 Å². The van der Waals surface area contributed by atoms with Crippen LogP contribution in [0.15, 0.2) is 17.0 Å². The Morgan fingerprint density at radius 2 is 2.42 bits per heavy atom. The summed E-state index contributed by atoms with van der Waals surface area (Å²) in [5.74, 6) is 0.747. The fourth-order valence-corrected chi connectivity index (χ4v) is 1.70. The van der Waals surface area contributed by atoms with E-state index in [4.69, 9.17) is 10.3 Å². The van der Waals surface area contributed by atoms with Crippen molar-refractivity contribution in [2.24, 2.45) is 5.73 Å². The molecule has 0 saturated carbocycles. The smallest absolute Gasteiger partial charge is 0.240 e. The number of carbonyl (C=O) groups excluding carboxylic acids is 1. The molecule has 3 N–H and O–H groups in total. The Labute approximate surface area is 110 Å². The molecule has 2 aromatic heterocycles. The summed E-state index contributed by atoms with van der Waals surface area (Å²) in [5, 5.41) is 3.74. The van der Waals surface area contributed by atoms with E-state index < -0.39 is 6.04 Å². The molecule has 0 fully saturated rings. The lowest BCUT2D eigenvalue weighted by Crippen LogP contribution is -2.42. The number of nitrogens with zero attached hydrogens (tertiary/aromatic N) is 4. The Morgan fingerprint density at radius 1 is 1.63 bits per heavy atom. The molecule has 0 saturated heterocycles. The van der Waals surface area contributed by atoms with Crippen LogP contribution >= 0.6 is 0 Å². The van der Waals surface area contributed by atoms with E-state index in [1.165, 1.54) is 4.90 Å². The van der Waals surface area contributed by atoms with Gasteiger partial charge >= 0.3 is 0 Å². The quantitative estimate of drug-likeness (QED) is 0.761. The average molecular weight is 264 g/mol. The number of nitrogens with one attached hydrogen (secondary N) is 1. The van der Waals surface area contributed by atoms with Gasteiger partial charge in [-0.15, -0.1) is 0 Å². The molecule has 0 radical (unpaired) electrons. The molecule has 0 aliphatic heterocycles. The number of nitrogens with two attached hydrogens (primary N) is 1. The molecule has 0 spiro atoms. The molecular formula is C11H16N6O2. The maximum absolute atomic E-state index is 12.1. The number of H-pyrrole nitrogens is 1. The van der Waals surface area contributed by atoms with Gasteiger partial charge in [-0.2, -0.15) is 4.98 Å². The fourth-order valence-electron chi connectivity index (χ4n) is 1.70. The second-order valence-corrected chi connectivity index (χ2v) is 4.31. The summed E-state index contributed by atoms with van der Waals surface area (Å²) in [4.78, 5) is 24.4. The monoisotopic (exact) mass is 264 g/mol. The highest BCUT2D eigenvalue weighted by Crippen LogP contribution is 2.03.